The molecule has 5 nitrogen and oxygen atoms in total. The monoisotopic (exact) mass is 395 g/mol. The fourth-order valence-electron chi connectivity index (χ4n) is 2.07. The highest BCUT2D eigenvalue weighted by atomic mass is 79.9. The third-order valence-corrected chi connectivity index (χ3v) is 6.52. The standard InChI is InChI=1S/C13H19BrClN3O2S/c1-8(18(2)10-3-4-10)7-17-21(19,20)12-6-9(15)5-11(16)13(12)14/h5-6,8,10,17H,3-4,7,16H2,1-2H3. The Bertz CT molecular complexity index is 635. The normalized spacial score (nSPS) is 17.2. The molecule has 8 heteroatoms. The minimum Gasteiger partial charge on any atom is -0.398 e. The van der Waals surface area contributed by atoms with Crippen LogP contribution in [0.4, 0.5) is 5.69 Å². The van der Waals surface area contributed by atoms with Gasteiger partial charge in [0.05, 0.1) is 9.37 Å². The van der Waals surface area contributed by atoms with Crippen LogP contribution in [-0.4, -0.2) is 39.0 Å². The molecule has 0 spiro atoms. The first-order valence-corrected chi connectivity index (χ1v) is 9.34. The number of nitrogen functional groups attached to an aromatic ring is 1. The Labute approximate surface area is 139 Å². The van der Waals surface area contributed by atoms with E-state index in [0.29, 0.717) is 27.8 Å². The molecule has 0 heterocycles. The van der Waals surface area contributed by atoms with Gasteiger partial charge in [-0.05, 0) is 54.9 Å². The van der Waals surface area contributed by atoms with Gasteiger partial charge in [-0.3, -0.25) is 4.90 Å². The number of sulfonamides is 1. The second kappa shape index (κ2) is 6.42. The van der Waals surface area contributed by atoms with Crippen LogP contribution in [0.1, 0.15) is 19.8 Å². The minimum absolute atomic E-state index is 0.0637. The summed E-state index contributed by atoms with van der Waals surface area (Å²) in [7, 11) is -1.64. The number of benzene rings is 1. The maximum absolute atomic E-state index is 12.4. The second-order valence-electron chi connectivity index (χ2n) is 5.40. The lowest BCUT2D eigenvalue weighted by Crippen LogP contribution is -2.41. The van der Waals surface area contributed by atoms with E-state index in [0.717, 1.165) is 0 Å². The summed E-state index contributed by atoms with van der Waals surface area (Å²) < 4.78 is 27.7. The van der Waals surface area contributed by atoms with Gasteiger partial charge in [-0.2, -0.15) is 0 Å². The number of nitrogens with zero attached hydrogens (tertiary/aromatic N) is 1. The first-order valence-electron chi connectivity index (χ1n) is 6.68. The van der Waals surface area contributed by atoms with Gasteiger partial charge in [-0.1, -0.05) is 11.6 Å². The van der Waals surface area contributed by atoms with E-state index in [2.05, 4.69) is 25.6 Å². The van der Waals surface area contributed by atoms with Crippen LogP contribution in [-0.2, 0) is 10.0 Å². The number of nitrogens with one attached hydrogen (secondary N) is 1. The van der Waals surface area contributed by atoms with E-state index in [4.69, 9.17) is 17.3 Å². The van der Waals surface area contributed by atoms with Crippen LogP contribution in [0, 0.1) is 0 Å². The first-order chi connectivity index (χ1) is 9.72. The number of hydrogen-bond acceptors (Lipinski definition) is 4. The molecule has 21 heavy (non-hydrogen) atoms. The highest BCUT2D eigenvalue weighted by Gasteiger charge is 2.30. The van der Waals surface area contributed by atoms with Gasteiger partial charge >= 0.3 is 0 Å². The molecule has 0 aromatic heterocycles. The lowest BCUT2D eigenvalue weighted by Gasteiger charge is -2.24. The Balaban J connectivity index is 2.11. The van der Waals surface area contributed by atoms with Crippen molar-refractivity contribution in [2.75, 3.05) is 19.3 Å². The molecule has 1 aromatic rings. The van der Waals surface area contributed by atoms with E-state index in [1.807, 2.05) is 14.0 Å². The molecule has 1 atom stereocenters. The summed E-state index contributed by atoms with van der Waals surface area (Å²) in [5.41, 5.74) is 6.04. The van der Waals surface area contributed by atoms with Crippen molar-refractivity contribution in [3.8, 4) is 0 Å². The molecule has 1 saturated carbocycles. The molecule has 1 unspecified atom stereocenters. The van der Waals surface area contributed by atoms with E-state index in [1.165, 1.54) is 25.0 Å². The van der Waals surface area contributed by atoms with Crippen LogP contribution in [0.25, 0.3) is 0 Å². The number of rotatable bonds is 6. The van der Waals surface area contributed by atoms with Crippen molar-refractivity contribution in [3.63, 3.8) is 0 Å². The predicted octanol–water partition coefficient (Wildman–Crippen LogP) is 2.45. The molecular formula is C13H19BrClN3O2S. The Morgan fingerprint density at radius 3 is 2.71 bits per heavy atom. The van der Waals surface area contributed by atoms with Gasteiger partial charge in [-0.25, -0.2) is 13.1 Å². The van der Waals surface area contributed by atoms with Crippen molar-refractivity contribution in [1.82, 2.24) is 9.62 Å². The third kappa shape index (κ3) is 4.10. The van der Waals surface area contributed by atoms with Gasteiger partial charge in [0.2, 0.25) is 10.0 Å². The zero-order valence-electron chi connectivity index (χ0n) is 11.9. The number of halogens is 2. The molecule has 0 bridgehead atoms. The van der Waals surface area contributed by atoms with Gasteiger partial charge in [0, 0.05) is 29.3 Å². The lowest BCUT2D eigenvalue weighted by atomic mass is 10.3. The van der Waals surface area contributed by atoms with Crippen molar-refractivity contribution in [1.29, 1.82) is 0 Å². The first kappa shape index (κ1) is 17.0. The topological polar surface area (TPSA) is 75.4 Å². The average Bonchev–Trinajstić information content (AvgIpc) is 3.23. The fraction of sp³-hybridized carbons (Fsp3) is 0.538. The zero-order valence-corrected chi connectivity index (χ0v) is 15.1. The summed E-state index contributed by atoms with van der Waals surface area (Å²) in [4.78, 5) is 2.26. The number of nitrogens with two attached hydrogens (primary N) is 1. The average molecular weight is 397 g/mol. The highest BCUT2D eigenvalue weighted by molar-refractivity contribution is 9.10. The van der Waals surface area contributed by atoms with E-state index in [9.17, 15) is 8.42 Å². The molecule has 0 saturated heterocycles. The molecular weight excluding hydrogens is 378 g/mol. The quantitative estimate of drug-likeness (QED) is 0.724. The van der Waals surface area contributed by atoms with Crippen LogP contribution < -0.4 is 10.5 Å². The van der Waals surface area contributed by atoms with Crippen LogP contribution in [0.2, 0.25) is 5.02 Å². The van der Waals surface area contributed by atoms with Crippen molar-refractivity contribution in [2.45, 2.75) is 36.7 Å². The smallest absolute Gasteiger partial charge is 0.241 e. The van der Waals surface area contributed by atoms with Crippen molar-refractivity contribution >= 4 is 43.2 Å². The predicted molar refractivity (Wildman–Crippen MR) is 89.0 cm³/mol. The molecule has 118 valence electrons. The Morgan fingerprint density at radius 2 is 2.14 bits per heavy atom. The molecule has 0 radical (unpaired) electrons. The molecule has 1 aliphatic rings. The van der Waals surface area contributed by atoms with E-state index >= 15 is 0 Å². The SMILES string of the molecule is CC(CNS(=O)(=O)c1cc(Cl)cc(N)c1Br)N(C)C1CC1. The molecule has 0 amide bonds. The summed E-state index contributed by atoms with van der Waals surface area (Å²) in [6.45, 7) is 2.34. The summed E-state index contributed by atoms with van der Waals surface area (Å²) in [5.74, 6) is 0. The van der Waals surface area contributed by atoms with Crippen LogP contribution in [0.3, 0.4) is 0 Å². The van der Waals surface area contributed by atoms with Crippen molar-refractivity contribution < 1.29 is 8.42 Å². The lowest BCUT2D eigenvalue weighted by molar-refractivity contribution is 0.248. The van der Waals surface area contributed by atoms with Gasteiger partial charge in [-0.15, -0.1) is 0 Å². The maximum atomic E-state index is 12.4. The van der Waals surface area contributed by atoms with Crippen molar-refractivity contribution in [3.05, 3.63) is 21.6 Å². The number of anilines is 1. The largest absolute Gasteiger partial charge is 0.398 e. The van der Waals surface area contributed by atoms with E-state index in [1.54, 1.807) is 0 Å². The zero-order chi connectivity index (χ0) is 15.8. The van der Waals surface area contributed by atoms with Crippen LogP contribution in [0.15, 0.2) is 21.5 Å². The Kier molecular flexibility index (Phi) is 5.20. The van der Waals surface area contributed by atoms with Gasteiger partial charge in [0.25, 0.3) is 0 Å². The summed E-state index contributed by atoms with van der Waals surface area (Å²) in [6, 6.07) is 3.61. The van der Waals surface area contributed by atoms with Crippen molar-refractivity contribution in [2.24, 2.45) is 0 Å². The molecule has 1 fully saturated rings. The Morgan fingerprint density at radius 1 is 1.52 bits per heavy atom. The number of hydrogen-bond donors (Lipinski definition) is 2. The number of likely N-dealkylation sites (N-methyl/N-ethyl adjacent to an activating group) is 1. The fourth-order valence-corrected chi connectivity index (χ4v) is 4.49. The summed E-state index contributed by atoms with van der Waals surface area (Å²) >= 11 is 9.10. The maximum Gasteiger partial charge on any atom is 0.241 e. The molecule has 1 aliphatic carbocycles. The van der Waals surface area contributed by atoms with Gasteiger partial charge in [0.1, 0.15) is 0 Å². The minimum atomic E-state index is -3.66. The molecule has 3 N–H and O–H groups in total. The van der Waals surface area contributed by atoms with Crippen LogP contribution in [0.5, 0.6) is 0 Å². The Hall–Kier alpha value is -0.340. The summed E-state index contributed by atoms with van der Waals surface area (Å²) in [6.07, 6.45) is 2.37. The third-order valence-electron chi connectivity index (χ3n) is 3.71. The molecule has 2 rings (SSSR count). The second-order valence-corrected chi connectivity index (χ2v) is 8.37. The highest BCUT2D eigenvalue weighted by Crippen LogP contribution is 2.31. The molecule has 0 aliphatic heterocycles. The van der Waals surface area contributed by atoms with Gasteiger partial charge in [0.15, 0.2) is 0 Å². The van der Waals surface area contributed by atoms with E-state index < -0.39 is 10.0 Å². The van der Waals surface area contributed by atoms with Crippen LogP contribution >= 0.6 is 27.5 Å². The summed E-state index contributed by atoms with van der Waals surface area (Å²) in [5, 5.41) is 0.291. The molecule has 1 aromatic carbocycles. The van der Waals surface area contributed by atoms with E-state index in [-0.39, 0.29) is 10.9 Å². The van der Waals surface area contributed by atoms with Gasteiger partial charge < -0.3 is 5.73 Å².